The molecule has 1 aromatic carbocycles. The standard InChI is InChI=1S/C14H15NO3S/c1-17-12-6-4-7-13(9-12)19(16)10-11-5-3-8-14(15-11)18-2/h3-9H,10H2,1-2H3/t19-/m0/s1. The molecule has 0 amide bonds. The molecule has 5 heteroatoms. The first-order valence-electron chi connectivity index (χ1n) is 5.75. The van der Waals surface area contributed by atoms with Gasteiger partial charge in [-0.25, -0.2) is 4.98 Å². The van der Waals surface area contributed by atoms with E-state index in [1.165, 1.54) is 0 Å². The van der Waals surface area contributed by atoms with Gasteiger partial charge >= 0.3 is 0 Å². The first kappa shape index (κ1) is 13.5. The third kappa shape index (κ3) is 3.54. The average molecular weight is 277 g/mol. The van der Waals surface area contributed by atoms with Gasteiger partial charge in [0, 0.05) is 11.0 Å². The number of ether oxygens (including phenoxy) is 2. The molecule has 0 fully saturated rings. The Labute approximate surface area is 114 Å². The molecule has 19 heavy (non-hydrogen) atoms. The topological polar surface area (TPSA) is 48.4 Å². The Balaban J connectivity index is 2.15. The first-order chi connectivity index (χ1) is 9.22. The highest BCUT2D eigenvalue weighted by molar-refractivity contribution is 7.84. The van der Waals surface area contributed by atoms with Crippen molar-refractivity contribution in [1.29, 1.82) is 0 Å². The van der Waals surface area contributed by atoms with Crippen molar-refractivity contribution in [3.63, 3.8) is 0 Å². The van der Waals surface area contributed by atoms with Crippen molar-refractivity contribution >= 4 is 10.8 Å². The molecule has 0 aliphatic carbocycles. The molecule has 2 rings (SSSR count). The number of hydrogen-bond donors (Lipinski definition) is 0. The molecule has 1 heterocycles. The number of benzene rings is 1. The predicted octanol–water partition coefficient (Wildman–Crippen LogP) is 2.41. The van der Waals surface area contributed by atoms with Crippen LogP contribution in [0.3, 0.4) is 0 Å². The van der Waals surface area contributed by atoms with E-state index >= 15 is 0 Å². The van der Waals surface area contributed by atoms with E-state index < -0.39 is 10.8 Å². The van der Waals surface area contributed by atoms with E-state index in [-0.39, 0.29) is 0 Å². The molecular weight excluding hydrogens is 262 g/mol. The maximum absolute atomic E-state index is 12.3. The molecule has 0 saturated carbocycles. The van der Waals surface area contributed by atoms with E-state index in [0.29, 0.717) is 17.4 Å². The Bertz CT molecular complexity index is 586. The van der Waals surface area contributed by atoms with Gasteiger partial charge in [0.05, 0.1) is 36.5 Å². The molecule has 2 aromatic rings. The minimum absolute atomic E-state index is 0.352. The van der Waals surface area contributed by atoms with Crippen LogP contribution in [0.5, 0.6) is 11.6 Å². The van der Waals surface area contributed by atoms with Gasteiger partial charge in [0.1, 0.15) is 5.75 Å². The summed E-state index contributed by atoms with van der Waals surface area (Å²) in [7, 11) is 2.00. The third-order valence-electron chi connectivity index (χ3n) is 2.57. The summed E-state index contributed by atoms with van der Waals surface area (Å²) in [5.74, 6) is 1.58. The summed E-state index contributed by atoms with van der Waals surface area (Å²) < 4.78 is 22.4. The van der Waals surface area contributed by atoms with E-state index in [4.69, 9.17) is 9.47 Å². The SMILES string of the molecule is COc1cccc([S@@](=O)Cc2cccc(OC)n2)c1. The van der Waals surface area contributed by atoms with Gasteiger partial charge in [-0.2, -0.15) is 0 Å². The summed E-state index contributed by atoms with van der Waals surface area (Å²) in [5.41, 5.74) is 0.737. The molecule has 1 aromatic heterocycles. The maximum Gasteiger partial charge on any atom is 0.213 e. The quantitative estimate of drug-likeness (QED) is 0.842. The Morgan fingerprint density at radius 1 is 1.11 bits per heavy atom. The highest BCUT2D eigenvalue weighted by atomic mass is 32.2. The average Bonchev–Trinajstić information content (AvgIpc) is 2.47. The molecule has 0 unspecified atom stereocenters. The number of aromatic nitrogens is 1. The zero-order valence-electron chi connectivity index (χ0n) is 10.8. The van der Waals surface area contributed by atoms with Crippen molar-refractivity contribution in [2.24, 2.45) is 0 Å². The van der Waals surface area contributed by atoms with Crippen LogP contribution in [0.25, 0.3) is 0 Å². The van der Waals surface area contributed by atoms with Crippen molar-refractivity contribution in [2.45, 2.75) is 10.6 Å². The van der Waals surface area contributed by atoms with E-state index in [2.05, 4.69) is 4.98 Å². The lowest BCUT2D eigenvalue weighted by Gasteiger charge is -2.05. The number of hydrogen-bond acceptors (Lipinski definition) is 4. The molecule has 1 atom stereocenters. The molecule has 4 nitrogen and oxygen atoms in total. The van der Waals surface area contributed by atoms with Crippen LogP contribution in [0.15, 0.2) is 47.4 Å². The van der Waals surface area contributed by atoms with Crippen LogP contribution in [0.1, 0.15) is 5.69 Å². The molecule has 0 bridgehead atoms. The number of rotatable bonds is 5. The van der Waals surface area contributed by atoms with Gasteiger partial charge in [-0.3, -0.25) is 4.21 Å². The van der Waals surface area contributed by atoms with Gasteiger partial charge in [-0.15, -0.1) is 0 Å². The lowest BCUT2D eigenvalue weighted by molar-refractivity contribution is 0.397. The Kier molecular flexibility index (Phi) is 4.52. The van der Waals surface area contributed by atoms with E-state index in [9.17, 15) is 4.21 Å². The number of methoxy groups -OCH3 is 2. The van der Waals surface area contributed by atoms with Crippen molar-refractivity contribution < 1.29 is 13.7 Å². The van der Waals surface area contributed by atoms with E-state index in [1.54, 1.807) is 26.4 Å². The number of pyridine rings is 1. The maximum atomic E-state index is 12.3. The van der Waals surface area contributed by atoms with Crippen LogP contribution < -0.4 is 9.47 Å². The Morgan fingerprint density at radius 3 is 2.63 bits per heavy atom. The minimum Gasteiger partial charge on any atom is -0.497 e. The summed E-state index contributed by atoms with van der Waals surface area (Å²) in [6.07, 6.45) is 0. The highest BCUT2D eigenvalue weighted by Gasteiger charge is 2.08. The first-order valence-corrected chi connectivity index (χ1v) is 7.07. The summed E-state index contributed by atoms with van der Waals surface area (Å²) in [5, 5.41) is 0. The van der Waals surface area contributed by atoms with Crippen LogP contribution in [-0.4, -0.2) is 23.4 Å². The summed E-state index contributed by atoms with van der Waals surface area (Å²) in [4.78, 5) is 4.98. The molecule has 0 saturated heterocycles. The van der Waals surface area contributed by atoms with Gasteiger partial charge in [-0.1, -0.05) is 12.1 Å². The molecule has 0 N–H and O–H groups in total. The fraction of sp³-hybridized carbons (Fsp3) is 0.214. The molecular formula is C14H15NO3S. The summed E-state index contributed by atoms with van der Waals surface area (Å²) in [6.45, 7) is 0. The lowest BCUT2D eigenvalue weighted by atomic mass is 10.3. The van der Waals surface area contributed by atoms with Gasteiger partial charge in [-0.05, 0) is 24.3 Å². The van der Waals surface area contributed by atoms with Gasteiger partial charge < -0.3 is 9.47 Å². The van der Waals surface area contributed by atoms with Crippen molar-refractivity contribution in [3.8, 4) is 11.6 Å². The Morgan fingerprint density at radius 2 is 1.89 bits per heavy atom. The van der Waals surface area contributed by atoms with E-state index in [1.807, 2.05) is 30.3 Å². The van der Waals surface area contributed by atoms with Crippen LogP contribution in [0, 0.1) is 0 Å². The highest BCUT2D eigenvalue weighted by Crippen LogP contribution is 2.18. The van der Waals surface area contributed by atoms with Crippen molar-refractivity contribution in [3.05, 3.63) is 48.2 Å². The second-order valence-corrected chi connectivity index (χ2v) is 5.29. The third-order valence-corrected chi connectivity index (χ3v) is 3.91. The van der Waals surface area contributed by atoms with Crippen molar-refractivity contribution in [1.82, 2.24) is 4.98 Å². The minimum atomic E-state index is -1.15. The van der Waals surface area contributed by atoms with Gasteiger partial charge in [0.2, 0.25) is 5.88 Å². The Hall–Kier alpha value is -1.88. The normalized spacial score (nSPS) is 11.9. The van der Waals surface area contributed by atoms with Crippen molar-refractivity contribution in [2.75, 3.05) is 14.2 Å². The molecule has 100 valence electrons. The fourth-order valence-corrected chi connectivity index (χ4v) is 2.69. The predicted molar refractivity (Wildman–Crippen MR) is 73.9 cm³/mol. The molecule has 0 aliphatic heterocycles. The summed E-state index contributed by atoms with van der Waals surface area (Å²) >= 11 is 0. The lowest BCUT2D eigenvalue weighted by Crippen LogP contribution is -2.00. The van der Waals surface area contributed by atoms with E-state index in [0.717, 1.165) is 10.6 Å². The largest absolute Gasteiger partial charge is 0.497 e. The van der Waals surface area contributed by atoms with Crippen LogP contribution in [-0.2, 0) is 16.6 Å². The van der Waals surface area contributed by atoms with Crippen LogP contribution in [0.4, 0.5) is 0 Å². The fourth-order valence-electron chi connectivity index (χ4n) is 1.61. The molecule has 0 spiro atoms. The molecule has 0 radical (unpaired) electrons. The zero-order valence-corrected chi connectivity index (χ0v) is 11.6. The van der Waals surface area contributed by atoms with Crippen LogP contribution in [0.2, 0.25) is 0 Å². The zero-order chi connectivity index (χ0) is 13.7. The second kappa shape index (κ2) is 6.33. The smallest absolute Gasteiger partial charge is 0.213 e. The number of nitrogens with zero attached hydrogens (tertiary/aromatic N) is 1. The van der Waals surface area contributed by atoms with Gasteiger partial charge in [0.25, 0.3) is 0 Å². The second-order valence-electron chi connectivity index (χ2n) is 3.84. The monoisotopic (exact) mass is 277 g/mol. The molecule has 0 aliphatic rings. The van der Waals surface area contributed by atoms with Crippen LogP contribution >= 0.6 is 0 Å². The summed E-state index contributed by atoms with van der Waals surface area (Å²) in [6, 6.07) is 12.7. The van der Waals surface area contributed by atoms with Gasteiger partial charge in [0.15, 0.2) is 0 Å².